The minimum absolute atomic E-state index is 0.117. The van der Waals surface area contributed by atoms with Crippen molar-refractivity contribution in [2.75, 3.05) is 42.7 Å². The summed E-state index contributed by atoms with van der Waals surface area (Å²) in [6.07, 6.45) is 0. The first-order valence-corrected chi connectivity index (χ1v) is 20.3. The Balaban J connectivity index is 1.15. The van der Waals surface area contributed by atoms with Crippen molar-refractivity contribution in [3.8, 4) is 57.5 Å². The summed E-state index contributed by atoms with van der Waals surface area (Å²) < 4.78 is 73.1. The number of sulfone groups is 1. The summed E-state index contributed by atoms with van der Waals surface area (Å²) in [6.45, 7) is 8.46. The second-order valence-corrected chi connectivity index (χ2v) is 16.7. The van der Waals surface area contributed by atoms with Crippen molar-refractivity contribution < 1.29 is 46.3 Å². The first-order valence-electron chi connectivity index (χ1n) is 18.8. The summed E-state index contributed by atoms with van der Waals surface area (Å²) in [7, 11) is 5.75. The number of hydrogen-bond donors (Lipinski definition) is 0. The van der Waals surface area contributed by atoms with Gasteiger partial charge in [-0.25, -0.2) is 8.42 Å². The largest absolute Gasteiger partial charge is 0.493 e. The Kier molecular flexibility index (Phi) is 12.4. The molecule has 0 aliphatic heterocycles. The van der Waals surface area contributed by atoms with Gasteiger partial charge in [-0.1, -0.05) is 52.0 Å². The van der Waals surface area contributed by atoms with Gasteiger partial charge in [0, 0.05) is 10.8 Å². The van der Waals surface area contributed by atoms with E-state index < -0.39 is 20.7 Å². The third-order valence-corrected chi connectivity index (χ3v) is 12.5. The molecule has 6 aromatic carbocycles. The normalized spacial score (nSPS) is 11.7. The lowest BCUT2D eigenvalue weighted by Gasteiger charge is -2.27. The highest BCUT2D eigenvalue weighted by Gasteiger charge is 2.28. The Morgan fingerprint density at radius 2 is 0.593 bits per heavy atom. The van der Waals surface area contributed by atoms with Crippen LogP contribution in [0.1, 0.15) is 49.9 Å². The van der Waals surface area contributed by atoms with E-state index in [1.807, 2.05) is 72.8 Å². The summed E-state index contributed by atoms with van der Waals surface area (Å²) in [6, 6.07) is 35.8. The van der Waals surface area contributed by atoms with Crippen LogP contribution in [0.5, 0.6) is 57.5 Å². The van der Waals surface area contributed by atoms with Crippen LogP contribution in [0, 0.1) is 0 Å². The predicted molar refractivity (Wildman–Crippen MR) is 228 cm³/mol. The second-order valence-electron chi connectivity index (χ2n) is 14.8. The topological polar surface area (TPSA) is 108 Å². The first kappa shape index (κ1) is 42.3. The van der Waals surface area contributed by atoms with Gasteiger partial charge in [-0.05, 0) is 119 Å². The van der Waals surface area contributed by atoms with Crippen molar-refractivity contribution in [2.45, 2.75) is 48.3 Å². The maximum atomic E-state index is 13.7. The first-order chi connectivity index (χ1) is 28.2. The fourth-order valence-electron chi connectivity index (χ4n) is 6.83. The van der Waals surface area contributed by atoms with Crippen molar-refractivity contribution in [3.63, 3.8) is 0 Å². The maximum Gasteiger partial charge on any atom is 0.206 e. The Labute approximate surface area is 347 Å². The SMILES string of the molecule is COc1ccc(C(C)(C)c2ccc(Oc3ccc(S(=O)(=O)c4ccc(Oc5ccc(C(C)(C)c6ccc(OC)c(OC)c6)cc5OC)cc4)cc3)c(OC)c2)cc1OC. The molecule has 0 saturated heterocycles. The van der Waals surface area contributed by atoms with Crippen LogP contribution in [0.25, 0.3) is 0 Å². The summed E-state index contributed by atoms with van der Waals surface area (Å²) in [5.41, 5.74) is 3.24. The van der Waals surface area contributed by atoms with Gasteiger partial charge in [0.05, 0.1) is 52.4 Å². The molecule has 0 atom stereocenters. The minimum Gasteiger partial charge on any atom is -0.493 e. The number of hydrogen-bond acceptors (Lipinski definition) is 10. The van der Waals surface area contributed by atoms with Crippen LogP contribution < -0.4 is 37.9 Å². The molecule has 308 valence electrons. The van der Waals surface area contributed by atoms with Crippen LogP contribution in [0.15, 0.2) is 131 Å². The van der Waals surface area contributed by atoms with Gasteiger partial charge in [-0.3, -0.25) is 0 Å². The molecule has 0 bridgehead atoms. The highest BCUT2D eigenvalue weighted by molar-refractivity contribution is 7.91. The number of methoxy groups -OCH3 is 6. The van der Waals surface area contributed by atoms with Gasteiger partial charge in [0.2, 0.25) is 9.84 Å². The zero-order valence-corrected chi connectivity index (χ0v) is 35.9. The number of ether oxygens (including phenoxy) is 8. The molecule has 0 amide bonds. The molecule has 0 heterocycles. The molecular weight excluding hydrogens is 769 g/mol. The van der Waals surface area contributed by atoms with E-state index in [0.29, 0.717) is 57.5 Å². The zero-order chi connectivity index (χ0) is 42.5. The second kappa shape index (κ2) is 17.3. The van der Waals surface area contributed by atoms with Gasteiger partial charge in [-0.15, -0.1) is 0 Å². The molecule has 0 unspecified atom stereocenters. The lowest BCUT2D eigenvalue weighted by atomic mass is 9.78. The van der Waals surface area contributed by atoms with E-state index in [1.165, 1.54) is 24.3 Å². The summed E-state index contributed by atoms with van der Waals surface area (Å²) in [4.78, 5) is 0.235. The fourth-order valence-corrected chi connectivity index (χ4v) is 8.09. The van der Waals surface area contributed by atoms with Crippen LogP contribution in [0.2, 0.25) is 0 Å². The van der Waals surface area contributed by atoms with Crippen molar-refractivity contribution in [2.24, 2.45) is 0 Å². The number of benzene rings is 6. The van der Waals surface area contributed by atoms with Crippen LogP contribution in [-0.2, 0) is 20.7 Å². The molecule has 10 nitrogen and oxygen atoms in total. The number of rotatable bonds is 16. The van der Waals surface area contributed by atoms with E-state index in [4.69, 9.17) is 37.9 Å². The molecule has 59 heavy (non-hydrogen) atoms. The lowest BCUT2D eigenvalue weighted by molar-refractivity contribution is 0.353. The smallest absolute Gasteiger partial charge is 0.206 e. The summed E-state index contributed by atoms with van der Waals surface area (Å²) in [5.74, 6) is 5.53. The Hall–Kier alpha value is -6.33. The average Bonchev–Trinajstić information content (AvgIpc) is 3.26. The highest BCUT2D eigenvalue weighted by Crippen LogP contribution is 2.43. The molecule has 0 aliphatic carbocycles. The lowest BCUT2D eigenvalue weighted by Crippen LogP contribution is -2.19. The van der Waals surface area contributed by atoms with Gasteiger partial charge in [0.1, 0.15) is 11.5 Å². The summed E-state index contributed by atoms with van der Waals surface area (Å²) in [5, 5.41) is 0. The summed E-state index contributed by atoms with van der Waals surface area (Å²) >= 11 is 0. The van der Waals surface area contributed by atoms with Crippen LogP contribution >= 0.6 is 0 Å². The molecule has 6 aromatic rings. The van der Waals surface area contributed by atoms with Gasteiger partial charge in [0.15, 0.2) is 46.0 Å². The van der Waals surface area contributed by atoms with Gasteiger partial charge >= 0.3 is 0 Å². The molecule has 0 N–H and O–H groups in total. The van der Waals surface area contributed by atoms with E-state index in [-0.39, 0.29) is 9.79 Å². The third-order valence-electron chi connectivity index (χ3n) is 10.7. The standard InChI is InChI=1S/C48H50O10S/c1-47(2,31-11-23-39(51-5)43(27-31)53-7)33-13-25-41(45(29-33)55-9)57-35-15-19-37(20-16-35)59(49,50)38-21-17-36(18-22-38)58-42-26-14-34(30-46(42)56-10)48(3,4)32-12-24-40(52-6)44(28-32)54-8/h11-30H,1-10H3. The van der Waals surface area contributed by atoms with Crippen molar-refractivity contribution in [1.82, 2.24) is 0 Å². The van der Waals surface area contributed by atoms with Crippen molar-refractivity contribution in [1.29, 1.82) is 0 Å². The minimum atomic E-state index is -3.85. The molecule has 0 aromatic heterocycles. The van der Waals surface area contributed by atoms with Crippen LogP contribution in [0.4, 0.5) is 0 Å². The van der Waals surface area contributed by atoms with Gasteiger partial charge in [0.25, 0.3) is 0 Å². The monoisotopic (exact) mass is 818 g/mol. The van der Waals surface area contributed by atoms with Crippen LogP contribution in [0.3, 0.4) is 0 Å². The Bertz CT molecular complexity index is 2360. The predicted octanol–water partition coefficient (Wildman–Crippen LogP) is 10.8. The van der Waals surface area contributed by atoms with E-state index in [2.05, 4.69) is 27.7 Å². The van der Waals surface area contributed by atoms with E-state index in [1.54, 1.807) is 66.9 Å². The molecule has 0 saturated carbocycles. The quantitative estimate of drug-likeness (QED) is 0.0936. The maximum absolute atomic E-state index is 13.7. The van der Waals surface area contributed by atoms with Gasteiger partial charge in [-0.2, -0.15) is 0 Å². The van der Waals surface area contributed by atoms with E-state index in [9.17, 15) is 8.42 Å². The van der Waals surface area contributed by atoms with Gasteiger partial charge < -0.3 is 37.9 Å². The molecule has 0 fully saturated rings. The molecule has 0 spiro atoms. The van der Waals surface area contributed by atoms with E-state index in [0.717, 1.165) is 22.3 Å². The molecular formula is C48H50O10S. The third kappa shape index (κ3) is 8.61. The molecule has 0 aliphatic rings. The Morgan fingerprint density at radius 1 is 0.339 bits per heavy atom. The average molecular weight is 819 g/mol. The molecule has 11 heteroatoms. The van der Waals surface area contributed by atoms with Crippen LogP contribution in [-0.4, -0.2) is 51.1 Å². The highest BCUT2D eigenvalue weighted by atomic mass is 32.2. The van der Waals surface area contributed by atoms with Crippen molar-refractivity contribution in [3.05, 3.63) is 144 Å². The van der Waals surface area contributed by atoms with Crippen molar-refractivity contribution >= 4 is 9.84 Å². The fraction of sp³-hybridized carbons (Fsp3) is 0.250. The Morgan fingerprint density at radius 3 is 0.864 bits per heavy atom. The zero-order valence-electron chi connectivity index (χ0n) is 35.0. The van der Waals surface area contributed by atoms with E-state index >= 15 is 0 Å². The molecule has 6 rings (SSSR count). The molecule has 0 radical (unpaired) electrons.